The molecule has 122 valence electrons. The van der Waals surface area contributed by atoms with Gasteiger partial charge in [0.15, 0.2) is 0 Å². The van der Waals surface area contributed by atoms with Gasteiger partial charge in [0.2, 0.25) is 0 Å². The van der Waals surface area contributed by atoms with E-state index < -0.39 is 0 Å². The molecule has 0 amide bonds. The first-order chi connectivity index (χ1) is 9.62. The van der Waals surface area contributed by atoms with Crippen LogP contribution in [-0.2, 0) is 38.5 Å². The maximum atomic E-state index is 10.6. The van der Waals surface area contributed by atoms with Crippen molar-refractivity contribution >= 4 is 37.2 Å². The average molecular weight is 390 g/mol. The molecule has 0 saturated carbocycles. The van der Waals surface area contributed by atoms with Gasteiger partial charge in [0.1, 0.15) is 0 Å². The number of hydrogen-bond acceptors (Lipinski definition) is 6. The first-order valence-electron chi connectivity index (χ1n) is 7.15. The van der Waals surface area contributed by atoms with Crippen LogP contribution in [0.5, 0.6) is 0 Å². The second kappa shape index (κ2) is 22.5. The van der Waals surface area contributed by atoms with Gasteiger partial charge in [-0.1, -0.05) is 26.7 Å². The zero-order valence-corrected chi connectivity index (χ0v) is 18.1. The van der Waals surface area contributed by atoms with Gasteiger partial charge < -0.3 is 9.47 Å². The summed E-state index contributed by atoms with van der Waals surface area (Å²) in [6.07, 6.45) is 4.89. The smallest absolute Gasteiger partial charge is 0.306 e. The summed E-state index contributed by atoms with van der Waals surface area (Å²) in [5, 5.41) is 0. The third-order valence-electron chi connectivity index (χ3n) is 2.15. The zero-order chi connectivity index (χ0) is 15.6. The molecule has 4 nitrogen and oxygen atoms in total. The normalized spacial score (nSPS) is 8.95. The summed E-state index contributed by atoms with van der Waals surface area (Å²) in [4.78, 5) is 21.3. The SMILES string of the molecule is CCCCOC(=O)CCS.CCCCOC(=O)CCS.[Zn]. The molecular formula is C14H28O4S2Zn. The van der Waals surface area contributed by atoms with Gasteiger partial charge in [-0.3, -0.25) is 9.59 Å². The van der Waals surface area contributed by atoms with E-state index in [0.29, 0.717) is 37.6 Å². The van der Waals surface area contributed by atoms with Crippen molar-refractivity contribution in [3.63, 3.8) is 0 Å². The minimum atomic E-state index is -0.136. The van der Waals surface area contributed by atoms with E-state index in [1.54, 1.807) is 0 Å². The molecule has 0 N–H and O–H groups in total. The summed E-state index contributed by atoms with van der Waals surface area (Å²) in [5.41, 5.74) is 0. The number of hydrogen-bond donors (Lipinski definition) is 2. The van der Waals surface area contributed by atoms with E-state index in [0.717, 1.165) is 25.7 Å². The number of thiol groups is 2. The quantitative estimate of drug-likeness (QED) is 0.260. The van der Waals surface area contributed by atoms with E-state index in [9.17, 15) is 9.59 Å². The standard InChI is InChI=1S/2C7H14O2S.Zn/c2*1-2-3-5-9-7(8)4-6-10;/h2*10H,2-6H2,1H3;. The fourth-order valence-corrected chi connectivity index (χ4v) is 1.35. The molecule has 0 radical (unpaired) electrons. The number of rotatable bonds is 10. The Morgan fingerprint density at radius 1 is 0.810 bits per heavy atom. The fourth-order valence-electron chi connectivity index (χ4n) is 0.988. The molecule has 0 bridgehead atoms. The molecule has 0 unspecified atom stereocenters. The van der Waals surface area contributed by atoms with Crippen LogP contribution >= 0.6 is 25.3 Å². The van der Waals surface area contributed by atoms with Gasteiger partial charge in [-0.15, -0.1) is 0 Å². The third-order valence-corrected chi connectivity index (χ3v) is 2.60. The molecule has 0 saturated heterocycles. The van der Waals surface area contributed by atoms with Gasteiger partial charge in [0.25, 0.3) is 0 Å². The summed E-state index contributed by atoms with van der Waals surface area (Å²) >= 11 is 7.81. The van der Waals surface area contributed by atoms with Crippen molar-refractivity contribution in [1.29, 1.82) is 0 Å². The maximum absolute atomic E-state index is 10.6. The molecule has 0 fully saturated rings. The first kappa shape index (κ1) is 26.2. The topological polar surface area (TPSA) is 52.6 Å². The Labute approximate surface area is 152 Å². The molecular weight excluding hydrogens is 362 g/mol. The molecule has 0 aliphatic carbocycles. The van der Waals surface area contributed by atoms with Crippen LogP contribution in [0.15, 0.2) is 0 Å². The van der Waals surface area contributed by atoms with Crippen LogP contribution in [0, 0.1) is 0 Å². The van der Waals surface area contributed by atoms with E-state index in [1.807, 2.05) is 0 Å². The molecule has 7 heteroatoms. The number of carbonyl (C=O) groups is 2. The van der Waals surface area contributed by atoms with E-state index >= 15 is 0 Å². The Hall–Kier alpha value is 0.263. The molecule has 0 aliphatic rings. The van der Waals surface area contributed by atoms with Crippen LogP contribution in [0.4, 0.5) is 0 Å². The number of ether oxygens (including phenoxy) is 2. The zero-order valence-electron chi connectivity index (χ0n) is 13.3. The van der Waals surface area contributed by atoms with Gasteiger partial charge in [-0.05, 0) is 12.8 Å². The Morgan fingerprint density at radius 3 is 1.38 bits per heavy atom. The Balaban J connectivity index is -0.000000295. The number of carbonyl (C=O) groups excluding carboxylic acids is 2. The average Bonchev–Trinajstić information content (AvgIpc) is 2.41. The molecule has 0 rings (SSSR count). The fraction of sp³-hybridized carbons (Fsp3) is 0.857. The summed E-state index contributed by atoms with van der Waals surface area (Å²) in [6.45, 7) is 5.24. The van der Waals surface area contributed by atoms with Gasteiger partial charge in [-0.25, -0.2) is 0 Å². The molecule has 0 heterocycles. The van der Waals surface area contributed by atoms with Gasteiger partial charge >= 0.3 is 11.9 Å². The monoisotopic (exact) mass is 388 g/mol. The van der Waals surface area contributed by atoms with Gasteiger partial charge in [-0.2, -0.15) is 25.3 Å². The number of unbranched alkanes of at least 4 members (excludes halogenated alkanes) is 2. The minimum absolute atomic E-state index is 0. The van der Waals surface area contributed by atoms with Crippen LogP contribution in [0.2, 0.25) is 0 Å². The van der Waals surface area contributed by atoms with Crippen molar-refractivity contribution in [2.45, 2.75) is 52.4 Å². The molecule has 0 aromatic rings. The Bertz CT molecular complexity index is 217. The van der Waals surface area contributed by atoms with Crippen molar-refractivity contribution in [1.82, 2.24) is 0 Å². The van der Waals surface area contributed by atoms with Crippen LogP contribution in [0.1, 0.15) is 52.4 Å². The molecule has 0 atom stereocenters. The summed E-state index contributed by atoms with van der Waals surface area (Å²) < 4.78 is 9.67. The van der Waals surface area contributed by atoms with Gasteiger partial charge in [0, 0.05) is 31.0 Å². The van der Waals surface area contributed by atoms with Crippen molar-refractivity contribution in [2.24, 2.45) is 0 Å². The minimum Gasteiger partial charge on any atom is -0.466 e. The largest absolute Gasteiger partial charge is 0.466 e. The van der Waals surface area contributed by atoms with Crippen LogP contribution < -0.4 is 0 Å². The van der Waals surface area contributed by atoms with E-state index in [-0.39, 0.29) is 31.4 Å². The molecule has 0 spiro atoms. The maximum Gasteiger partial charge on any atom is 0.306 e. The van der Waals surface area contributed by atoms with Crippen molar-refractivity contribution in [3.8, 4) is 0 Å². The van der Waals surface area contributed by atoms with E-state index in [4.69, 9.17) is 9.47 Å². The van der Waals surface area contributed by atoms with E-state index in [1.165, 1.54) is 0 Å². The molecule has 21 heavy (non-hydrogen) atoms. The predicted octanol–water partition coefficient (Wildman–Crippen LogP) is 3.30. The molecule has 0 aliphatic heterocycles. The van der Waals surface area contributed by atoms with Gasteiger partial charge in [0.05, 0.1) is 26.1 Å². The summed E-state index contributed by atoms with van der Waals surface area (Å²) in [5.74, 6) is 0.877. The summed E-state index contributed by atoms with van der Waals surface area (Å²) in [7, 11) is 0. The van der Waals surface area contributed by atoms with E-state index in [2.05, 4.69) is 39.1 Å². The van der Waals surface area contributed by atoms with Crippen molar-refractivity contribution in [2.75, 3.05) is 24.7 Å². The number of esters is 2. The Kier molecular flexibility index (Phi) is 28.1. The van der Waals surface area contributed by atoms with Crippen LogP contribution in [0.3, 0.4) is 0 Å². The van der Waals surface area contributed by atoms with Crippen molar-refractivity contribution in [3.05, 3.63) is 0 Å². The predicted molar refractivity (Wildman–Crippen MR) is 88.7 cm³/mol. The third kappa shape index (κ3) is 25.6. The molecule has 0 aromatic carbocycles. The van der Waals surface area contributed by atoms with Crippen LogP contribution in [0.25, 0.3) is 0 Å². The molecule has 0 aromatic heterocycles. The Morgan fingerprint density at radius 2 is 1.14 bits per heavy atom. The van der Waals surface area contributed by atoms with Crippen LogP contribution in [-0.4, -0.2) is 36.7 Å². The second-order valence-corrected chi connectivity index (χ2v) is 4.99. The summed E-state index contributed by atoms with van der Waals surface area (Å²) in [6, 6.07) is 0. The van der Waals surface area contributed by atoms with Crippen molar-refractivity contribution < 1.29 is 38.5 Å². The second-order valence-electron chi connectivity index (χ2n) is 4.10. The first-order valence-corrected chi connectivity index (χ1v) is 8.41.